The van der Waals surface area contributed by atoms with Crippen LogP contribution in [0.15, 0.2) is 59.5 Å². The molecule has 2 aromatic carbocycles. The lowest BCUT2D eigenvalue weighted by atomic mass is 10.0. The van der Waals surface area contributed by atoms with Gasteiger partial charge in [-0.25, -0.2) is 18.1 Å². The molecule has 0 saturated carbocycles. The predicted molar refractivity (Wildman–Crippen MR) is 124 cm³/mol. The molecule has 1 aliphatic heterocycles. The van der Waals surface area contributed by atoms with Gasteiger partial charge >= 0.3 is 6.09 Å². The van der Waals surface area contributed by atoms with Gasteiger partial charge in [0.05, 0.1) is 17.5 Å². The molecule has 0 spiro atoms. The predicted octanol–water partition coefficient (Wildman–Crippen LogP) is 0.222. The second-order valence-electron chi connectivity index (χ2n) is 8.09. The molecular formula is C23H26N4O7S. The van der Waals surface area contributed by atoms with Gasteiger partial charge in [0.15, 0.2) is 6.10 Å². The fraction of sp³-hybridized carbons (Fsp3) is 0.304. The van der Waals surface area contributed by atoms with Crippen molar-refractivity contribution >= 4 is 33.8 Å². The number of imide groups is 1. The van der Waals surface area contributed by atoms with Gasteiger partial charge in [-0.3, -0.25) is 14.4 Å². The van der Waals surface area contributed by atoms with Gasteiger partial charge in [0.2, 0.25) is 21.8 Å². The van der Waals surface area contributed by atoms with Crippen LogP contribution in [0.5, 0.6) is 0 Å². The summed E-state index contributed by atoms with van der Waals surface area (Å²) in [7, 11) is -3.96. The number of aryl methyl sites for hydroxylation is 1. The van der Waals surface area contributed by atoms with Crippen LogP contribution in [-0.4, -0.2) is 61.9 Å². The molecule has 1 heterocycles. The van der Waals surface area contributed by atoms with Crippen LogP contribution in [0.4, 0.5) is 4.79 Å². The van der Waals surface area contributed by atoms with Crippen molar-refractivity contribution in [2.45, 2.75) is 43.4 Å². The summed E-state index contributed by atoms with van der Waals surface area (Å²) in [5, 5.41) is 2.39. The van der Waals surface area contributed by atoms with Gasteiger partial charge in [-0.15, -0.1) is 0 Å². The van der Waals surface area contributed by atoms with Crippen LogP contribution in [0, 0.1) is 6.92 Å². The average molecular weight is 503 g/mol. The summed E-state index contributed by atoms with van der Waals surface area (Å²) < 4.78 is 32.3. The van der Waals surface area contributed by atoms with Gasteiger partial charge in [-0.2, -0.15) is 4.72 Å². The van der Waals surface area contributed by atoms with E-state index in [1.54, 1.807) is 42.5 Å². The van der Waals surface area contributed by atoms with Crippen LogP contribution in [-0.2, 0) is 35.6 Å². The van der Waals surface area contributed by atoms with Crippen LogP contribution < -0.4 is 15.8 Å². The van der Waals surface area contributed by atoms with Gasteiger partial charge in [0, 0.05) is 6.42 Å². The zero-order valence-corrected chi connectivity index (χ0v) is 19.9. The number of primary amides is 1. The molecule has 4 N–H and O–H groups in total. The number of nitrogens with zero attached hydrogens (tertiary/aromatic N) is 1. The standard InChI is InChI=1S/C23H26N4O7S/c1-14-8-10-17(11-9-14)35(32,33)26-15(2)21(29)25-13-19-22(30)27(23(31)34-19)18(20(24)28)12-16-6-4-3-5-7-16/h3-11,15,18-19,26H,12-13H2,1-2H3,(H2,24,28)(H,25,29)/t15-,18+,19-/m0/s1. The van der Waals surface area contributed by atoms with E-state index in [0.29, 0.717) is 10.5 Å². The van der Waals surface area contributed by atoms with Crippen LogP contribution in [0.1, 0.15) is 18.1 Å². The number of nitrogens with two attached hydrogens (primary N) is 1. The summed E-state index contributed by atoms with van der Waals surface area (Å²) in [5.41, 5.74) is 7.00. The molecule has 1 saturated heterocycles. The van der Waals surface area contributed by atoms with Crippen molar-refractivity contribution in [2.75, 3.05) is 6.54 Å². The molecule has 0 bridgehead atoms. The molecule has 1 fully saturated rings. The van der Waals surface area contributed by atoms with Crippen molar-refractivity contribution in [3.63, 3.8) is 0 Å². The zero-order chi connectivity index (χ0) is 25.8. The molecular weight excluding hydrogens is 476 g/mol. The van der Waals surface area contributed by atoms with Crippen molar-refractivity contribution in [2.24, 2.45) is 5.73 Å². The lowest BCUT2D eigenvalue weighted by Gasteiger charge is -2.21. The van der Waals surface area contributed by atoms with E-state index in [2.05, 4.69) is 10.0 Å². The quantitative estimate of drug-likeness (QED) is 0.418. The van der Waals surface area contributed by atoms with Gasteiger partial charge < -0.3 is 15.8 Å². The monoisotopic (exact) mass is 502 g/mol. The maximum absolute atomic E-state index is 12.8. The number of carbonyl (C=O) groups excluding carboxylic acids is 4. The highest BCUT2D eigenvalue weighted by Gasteiger charge is 2.46. The minimum Gasteiger partial charge on any atom is -0.434 e. The molecule has 4 amide bonds. The molecule has 0 unspecified atom stereocenters. The molecule has 35 heavy (non-hydrogen) atoms. The molecule has 186 valence electrons. The molecule has 3 rings (SSSR count). The van der Waals surface area contributed by atoms with E-state index < -0.39 is 58.6 Å². The Kier molecular flexibility index (Phi) is 7.87. The first-order chi connectivity index (χ1) is 16.5. The van der Waals surface area contributed by atoms with E-state index in [-0.39, 0.29) is 11.3 Å². The van der Waals surface area contributed by atoms with Crippen LogP contribution in [0.3, 0.4) is 0 Å². The Balaban J connectivity index is 1.61. The summed E-state index contributed by atoms with van der Waals surface area (Å²) in [5.74, 6) is -2.45. The highest BCUT2D eigenvalue weighted by atomic mass is 32.2. The average Bonchev–Trinajstić information content (AvgIpc) is 3.09. The van der Waals surface area contributed by atoms with E-state index in [4.69, 9.17) is 10.5 Å². The summed E-state index contributed by atoms with van der Waals surface area (Å²) in [6.07, 6.45) is -2.43. The van der Waals surface area contributed by atoms with E-state index in [0.717, 1.165) is 5.56 Å². The van der Waals surface area contributed by atoms with Crippen molar-refractivity contribution in [3.05, 3.63) is 65.7 Å². The first-order valence-corrected chi connectivity index (χ1v) is 12.2. The fourth-order valence-corrected chi connectivity index (χ4v) is 4.66. The number of hydrogen-bond acceptors (Lipinski definition) is 7. The maximum atomic E-state index is 12.8. The van der Waals surface area contributed by atoms with Crippen molar-refractivity contribution in [3.8, 4) is 0 Å². The Bertz CT molecular complexity index is 1220. The Morgan fingerprint density at radius 2 is 1.71 bits per heavy atom. The van der Waals surface area contributed by atoms with Crippen LogP contribution in [0.25, 0.3) is 0 Å². The minimum absolute atomic E-state index is 0.00537. The number of cyclic esters (lactones) is 1. The minimum atomic E-state index is -3.96. The normalized spacial score (nSPS) is 17.5. The van der Waals surface area contributed by atoms with E-state index in [9.17, 15) is 27.6 Å². The number of rotatable bonds is 10. The molecule has 2 aromatic rings. The molecule has 1 aliphatic rings. The number of benzene rings is 2. The summed E-state index contributed by atoms with van der Waals surface area (Å²) in [6.45, 7) is 2.73. The lowest BCUT2D eigenvalue weighted by molar-refractivity contribution is -0.135. The first-order valence-electron chi connectivity index (χ1n) is 10.7. The summed E-state index contributed by atoms with van der Waals surface area (Å²) >= 11 is 0. The highest BCUT2D eigenvalue weighted by Crippen LogP contribution is 2.19. The van der Waals surface area contributed by atoms with Gasteiger partial charge in [-0.05, 0) is 31.5 Å². The fourth-order valence-electron chi connectivity index (χ4n) is 3.46. The Morgan fingerprint density at radius 3 is 2.31 bits per heavy atom. The van der Waals surface area contributed by atoms with E-state index in [1.807, 2.05) is 6.92 Å². The van der Waals surface area contributed by atoms with E-state index in [1.165, 1.54) is 19.1 Å². The number of hydrogen-bond donors (Lipinski definition) is 3. The molecule has 12 heteroatoms. The number of amides is 4. The number of sulfonamides is 1. The molecule has 0 aliphatic carbocycles. The first kappa shape index (κ1) is 25.8. The summed E-state index contributed by atoms with van der Waals surface area (Å²) in [4.78, 5) is 50.2. The summed E-state index contributed by atoms with van der Waals surface area (Å²) in [6, 6.07) is 12.3. The Hall–Kier alpha value is -3.77. The van der Waals surface area contributed by atoms with Crippen LogP contribution in [0.2, 0.25) is 0 Å². The number of carbonyl (C=O) groups is 4. The number of ether oxygens (including phenoxy) is 1. The molecule has 3 atom stereocenters. The van der Waals surface area contributed by atoms with Gasteiger partial charge in [0.25, 0.3) is 5.91 Å². The third-order valence-corrected chi connectivity index (χ3v) is 6.94. The third kappa shape index (κ3) is 6.22. The van der Waals surface area contributed by atoms with Crippen LogP contribution >= 0.6 is 0 Å². The van der Waals surface area contributed by atoms with Crippen molar-refractivity contribution < 1.29 is 32.3 Å². The molecule has 0 radical (unpaired) electrons. The van der Waals surface area contributed by atoms with Gasteiger partial charge in [-0.1, -0.05) is 48.0 Å². The van der Waals surface area contributed by atoms with E-state index >= 15 is 0 Å². The topological polar surface area (TPSA) is 165 Å². The zero-order valence-electron chi connectivity index (χ0n) is 19.1. The van der Waals surface area contributed by atoms with Crippen molar-refractivity contribution in [1.29, 1.82) is 0 Å². The molecule has 0 aromatic heterocycles. The smallest absolute Gasteiger partial charge is 0.418 e. The van der Waals surface area contributed by atoms with Gasteiger partial charge in [0.1, 0.15) is 6.04 Å². The lowest BCUT2D eigenvalue weighted by Crippen LogP contribution is -2.51. The number of nitrogens with one attached hydrogen (secondary N) is 2. The molecule has 11 nitrogen and oxygen atoms in total. The van der Waals surface area contributed by atoms with Crippen molar-refractivity contribution in [1.82, 2.24) is 14.9 Å². The maximum Gasteiger partial charge on any atom is 0.418 e. The highest BCUT2D eigenvalue weighted by molar-refractivity contribution is 7.89. The SMILES string of the molecule is Cc1ccc(S(=O)(=O)N[C@@H](C)C(=O)NC[C@@H]2OC(=O)N([C@H](Cc3ccccc3)C(N)=O)C2=O)cc1. The Morgan fingerprint density at radius 1 is 1.09 bits per heavy atom. The largest absolute Gasteiger partial charge is 0.434 e. The second-order valence-corrected chi connectivity index (χ2v) is 9.80. The second kappa shape index (κ2) is 10.7. The third-order valence-electron chi connectivity index (χ3n) is 5.38. The Labute approximate surface area is 202 Å².